The Bertz CT molecular complexity index is 557. The summed E-state index contributed by atoms with van der Waals surface area (Å²) in [5, 5.41) is 3.93. The molecule has 3 heteroatoms. The van der Waals surface area contributed by atoms with E-state index in [2.05, 4.69) is 36.5 Å². The molecule has 0 aliphatic carbocycles. The molecule has 0 unspecified atom stereocenters. The minimum absolute atomic E-state index is 0.782. The summed E-state index contributed by atoms with van der Waals surface area (Å²) in [4.78, 5) is 2.53. The van der Waals surface area contributed by atoms with Crippen LogP contribution in [-0.2, 0) is 0 Å². The number of hydrogen-bond acceptors (Lipinski definition) is 2. The molecule has 0 spiro atoms. The standard InChI is InChI=1S/C15H16ClNS/c1-11(10-17-2)8-14-6-7-15(18-14)12-4-3-5-13(16)9-12/h3-9,17H,10H2,1-2H3. The highest BCUT2D eigenvalue weighted by Crippen LogP contribution is 2.30. The average Bonchev–Trinajstić information content (AvgIpc) is 2.78. The monoisotopic (exact) mass is 277 g/mol. The molecule has 1 N–H and O–H groups in total. The predicted octanol–water partition coefficient (Wildman–Crippen LogP) is 4.69. The topological polar surface area (TPSA) is 12.0 Å². The Morgan fingerprint density at radius 1 is 1.33 bits per heavy atom. The van der Waals surface area contributed by atoms with E-state index >= 15 is 0 Å². The smallest absolute Gasteiger partial charge is 0.0412 e. The lowest BCUT2D eigenvalue weighted by atomic mass is 10.2. The number of thiophene rings is 1. The van der Waals surface area contributed by atoms with Crippen molar-refractivity contribution >= 4 is 29.0 Å². The van der Waals surface area contributed by atoms with Crippen LogP contribution in [0.2, 0.25) is 5.02 Å². The fourth-order valence-corrected chi connectivity index (χ4v) is 3.02. The van der Waals surface area contributed by atoms with Gasteiger partial charge in [0.25, 0.3) is 0 Å². The summed E-state index contributed by atoms with van der Waals surface area (Å²) in [7, 11) is 1.96. The molecule has 2 rings (SSSR count). The quantitative estimate of drug-likeness (QED) is 0.855. The fraction of sp³-hybridized carbons (Fsp3) is 0.200. The Morgan fingerprint density at radius 2 is 2.17 bits per heavy atom. The second-order valence-corrected chi connectivity index (χ2v) is 5.79. The minimum Gasteiger partial charge on any atom is -0.316 e. The Kier molecular flexibility index (Phi) is 4.59. The first-order valence-corrected chi connectivity index (χ1v) is 7.06. The summed E-state index contributed by atoms with van der Waals surface area (Å²) >= 11 is 7.80. The van der Waals surface area contributed by atoms with Crippen LogP contribution in [0.1, 0.15) is 11.8 Å². The molecule has 0 radical (unpaired) electrons. The third kappa shape index (κ3) is 3.45. The lowest BCUT2D eigenvalue weighted by Crippen LogP contribution is -2.08. The van der Waals surface area contributed by atoms with Crippen LogP contribution in [-0.4, -0.2) is 13.6 Å². The van der Waals surface area contributed by atoms with E-state index in [-0.39, 0.29) is 0 Å². The van der Waals surface area contributed by atoms with Crippen molar-refractivity contribution in [3.8, 4) is 10.4 Å². The van der Waals surface area contributed by atoms with Gasteiger partial charge in [0.1, 0.15) is 0 Å². The Labute approximate surface area is 117 Å². The van der Waals surface area contributed by atoms with Crippen molar-refractivity contribution in [1.29, 1.82) is 0 Å². The lowest BCUT2D eigenvalue weighted by molar-refractivity contribution is 0.885. The van der Waals surface area contributed by atoms with Crippen LogP contribution in [0.5, 0.6) is 0 Å². The van der Waals surface area contributed by atoms with Gasteiger partial charge >= 0.3 is 0 Å². The van der Waals surface area contributed by atoms with E-state index in [1.807, 2.05) is 25.2 Å². The number of nitrogens with one attached hydrogen (secondary N) is 1. The van der Waals surface area contributed by atoms with Gasteiger partial charge in [-0.2, -0.15) is 0 Å². The predicted molar refractivity (Wildman–Crippen MR) is 82.3 cm³/mol. The highest BCUT2D eigenvalue weighted by molar-refractivity contribution is 7.16. The maximum absolute atomic E-state index is 6.01. The van der Waals surface area contributed by atoms with Gasteiger partial charge in [-0.25, -0.2) is 0 Å². The van der Waals surface area contributed by atoms with Gasteiger partial charge in [0.05, 0.1) is 0 Å². The number of rotatable bonds is 4. The molecule has 0 amide bonds. The van der Waals surface area contributed by atoms with Crippen molar-refractivity contribution in [2.24, 2.45) is 0 Å². The molecule has 94 valence electrons. The Hall–Kier alpha value is -1.09. The molecule has 0 aliphatic heterocycles. The number of hydrogen-bond donors (Lipinski definition) is 1. The molecule has 0 bridgehead atoms. The van der Waals surface area contributed by atoms with Gasteiger partial charge in [0, 0.05) is 21.3 Å². The molecule has 1 nitrogen and oxygen atoms in total. The summed E-state index contributed by atoms with van der Waals surface area (Å²) in [6.45, 7) is 3.06. The van der Waals surface area contributed by atoms with Gasteiger partial charge in [-0.1, -0.05) is 29.3 Å². The van der Waals surface area contributed by atoms with Crippen molar-refractivity contribution in [3.05, 3.63) is 51.9 Å². The van der Waals surface area contributed by atoms with E-state index in [9.17, 15) is 0 Å². The van der Waals surface area contributed by atoms with Crippen LogP contribution >= 0.6 is 22.9 Å². The Morgan fingerprint density at radius 3 is 2.89 bits per heavy atom. The third-order valence-corrected chi connectivity index (χ3v) is 3.90. The molecular formula is C15H16ClNS. The highest BCUT2D eigenvalue weighted by Gasteiger charge is 2.02. The van der Waals surface area contributed by atoms with Crippen LogP contribution in [0.15, 0.2) is 42.0 Å². The fourth-order valence-electron chi connectivity index (χ4n) is 1.80. The van der Waals surface area contributed by atoms with Gasteiger partial charge in [-0.05, 0) is 49.9 Å². The summed E-state index contributed by atoms with van der Waals surface area (Å²) < 4.78 is 0. The third-order valence-electron chi connectivity index (χ3n) is 2.58. The van der Waals surface area contributed by atoms with Crippen molar-refractivity contribution in [1.82, 2.24) is 5.32 Å². The molecule has 0 fully saturated rings. The first kappa shape index (κ1) is 13.3. The second kappa shape index (κ2) is 6.19. The van der Waals surface area contributed by atoms with Crippen LogP contribution in [0, 0.1) is 0 Å². The molecule has 0 saturated heterocycles. The number of halogens is 1. The molecule has 0 aliphatic rings. The molecule has 0 atom stereocenters. The SMILES string of the molecule is CNCC(C)=Cc1ccc(-c2cccc(Cl)c2)s1. The van der Waals surface area contributed by atoms with Gasteiger partial charge < -0.3 is 5.32 Å². The van der Waals surface area contributed by atoms with Crippen molar-refractivity contribution in [3.63, 3.8) is 0 Å². The normalized spacial score (nSPS) is 11.8. The zero-order valence-electron chi connectivity index (χ0n) is 10.5. The zero-order valence-corrected chi connectivity index (χ0v) is 12.1. The van der Waals surface area contributed by atoms with E-state index in [0.29, 0.717) is 0 Å². The number of benzene rings is 1. The van der Waals surface area contributed by atoms with Gasteiger partial charge in [-0.15, -0.1) is 11.3 Å². The summed E-state index contributed by atoms with van der Waals surface area (Å²) in [5.74, 6) is 0. The van der Waals surface area contributed by atoms with E-state index in [0.717, 1.165) is 11.6 Å². The van der Waals surface area contributed by atoms with Crippen LogP contribution in [0.3, 0.4) is 0 Å². The van der Waals surface area contributed by atoms with Crippen LogP contribution in [0.4, 0.5) is 0 Å². The summed E-state index contributed by atoms with van der Waals surface area (Å²) in [6, 6.07) is 12.3. The zero-order chi connectivity index (χ0) is 13.0. The summed E-state index contributed by atoms with van der Waals surface area (Å²) in [5.41, 5.74) is 2.51. The van der Waals surface area contributed by atoms with Gasteiger partial charge in [-0.3, -0.25) is 0 Å². The van der Waals surface area contributed by atoms with Gasteiger partial charge in [0.2, 0.25) is 0 Å². The largest absolute Gasteiger partial charge is 0.316 e. The van der Waals surface area contributed by atoms with Crippen molar-refractivity contribution in [2.75, 3.05) is 13.6 Å². The van der Waals surface area contributed by atoms with Crippen molar-refractivity contribution in [2.45, 2.75) is 6.92 Å². The molecule has 2 aromatic rings. The average molecular weight is 278 g/mol. The molecule has 0 saturated carbocycles. The van der Waals surface area contributed by atoms with E-state index < -0.39 is 0 Å². The first-order valence-electron chi connectivity index (χ1n) is 5.86. The molecule has 1 aromatic carbocycles. The van der Waals surface area contributed by atoms with Gasteiger partial charge in [0.15, 0.2) is 0 Å². The minimum atomic E-state index is 0.782. The Balaban J connectivity index is 2.23. The molecule has 18 heavy (non-hydrogen) atoms. The van der Waals surface area contributed by atoms with Crippen molar-refractivity contribution < 1.29 is 0 Å². The molecule has 1 aromatic heterocycles. The number of likely N-dealkylation sites (N-methyl/N-ethyl adjacent to an activating group) is 1. The maximum Gasteiger partial charge on any atom is 0.0412 e. The lowest BCUT2D eigenvalue weighted by Gasteiger charge is -1.98. The molecular weight excluding hydrogens is 262 g/mol. The van der Waals surface area contributed by atoms with E-state index in [1.165, 1.54) is 20.9 Å². The van der Waals surface area contributed by atoms with E-state index in [4.69, 9.17) is 11.6 Å². The van der Waals surface area contributed by atoms with E-state index in [1.54, 1.807) is 11.3 Å². The first-order chi connectivity index (χ1) is 8.69. The molecule has 1 heterocycles. The second-order valence-electron chi connectivity index (χ2n) is 4.23. The summed E-state index contributed by atoms with van der Waals surface area (Å²) in [6.07, 6.45) is 2.22. The van der Waals surface area contributed by atoms with Crippen LogP contribution < -0.4 is 5.32 Å². The van der Waals surface area contributed by atoms with Crippen LogP contribution in [0.25, 0.3) is 16.5 Å². The highest BCUT2D eigenvalue weighted by atomic mass is 35.5. The maximum atomic E-state index is 6.01.